The van der Waals surface area contributed by atoms with Crippen molar-refractivity contribution in [2.24, 2.45) is 17.3 Å². The Balaban J connectivity index is 1.54. The van der Waals surface area contributed by atoms with Crippen LogP contribution in [-0.4, -0.2) is 125 Å². The van der Waals surface area contributed by atoms with Gasteiger partial charge in [-0.05, 0) is 41.0 Å². The molecule has 15 nitrogen and oxygen atoms in total. The van der Waals surface area contributed by atoms with Crippen LogP contribution in [0.25, 0.3) is 0 Å². The molecule has 4 heterocycles. The number of thioether (sulfide) groups is 1. The molecule has 0 aromatic carbocycles. The summed E-state index contributed by atoms with van der Waals surface area (Å²) in [5.41, 5.74) is -0.832. The average Bonchev–Trinajstić information content (AvgIpc) is 3.58. The molecule has 3 amide bonds. The Hall–Kier alpha value is -3.53. The number of aliphatic hydroxyl groups excluding tert-OH is 1. The van der Waals surface area contributed by atoms with Crippen LogP contribution in [0.5, 0.6) is 0 Å². The molecule has 0 radical (unpaired) electrons. The zero-order valence-electron chi connectivity index (χ0n) is 26.6. The van der Waals surface area contributed by atoms with Gasteiger partial charge < -0.3 is 38.6 Å². The monoisotopic (exact) mass is 655 g/mol. The summed E-state index contributed by atoms with van der Waals surface area (Å²) < 4.78 is 25.7. The fourth-order valence-electron chi connectivity index (χ4n) is 5.77. The molecule has 0 spiro atoms. The first-order valence-electron chi connectivity index (χ1n) is 14.7. The first kappa shape index (κ1) is 34.3. The number of cyclic esters (lactones) is 2. The molecule has 1 N–H and O–H groups in total. The summed E-state index contributed by atoms with van der Waals surface area (Å²) in [7, 11) is 3.14. The third-order valence-electron chi connectivity index (χ3n) is 8.24. The summed E-state index contributed by atoms with van der Waals surface area (Å²) in [5.74, 6) is -3.32. The van der Waals surface area contributed by atoms with E-state index in [1.54, 1.807) is 41.8 Å². The number of rotatable bonds is 9. The van der Waals surface area contributed by atoms with E-state index in [0.29, 0.717) is 4.91 Å². The molecule has 0 saturated carbocycles. The van der Waals surface area contributed by atoms with Crippen LogP contribution >= 0.6 is 11.8 Å². The summed E-state index contributed by atoms with van der Waals surface area (Å²) in [6.45, 7) is 9.06. The van der Waals surface area contributed by atoms with Gasteiger partial charge in [-0.3, -0.25) is 19.3 Å². The van der Waals surface area contributed by atoms with E-state index < -0.39 is 83.9 Å². The molecular weight excluding hydrogens is 614 g/mol. The largest absolute Gasteiger partial charge is 0.509 e. The van der Waals surface area contributed by atoms with Crippen molar-refractivity contribution >= 4 is 47.8 Å². The van der Waals surface area contributed by atoms with Gasteiger partial charge in [0.15, 0.2) is 6.10 Å². The Labute approximate surface area is 265 Å². The summed E-state index contributed by atoms with van der Waals surface area (Å²) >= 11 is 1.25. The van der Waals surface area contributed by atoms with Gasteiger partial charge in [0.05, 0.1) is 23.5 Å². The van der Waals surface area contributed by atoms with Crippen LogP contribution in [0.4, 0.5) is 9.59 Å². The Kier molecular flexibility index (Phi) is 9.97. The molecule has 4 aliphatic rings. The third-order valence-corrected chi connectivity index (χ3v) is 9.73. The van der Waals surface area contributed by atoms with Crippen LogP contribution in [0, 0.1) is 17.3 Å². The maximum Gasteiger partial charge on any atom is 0.509 e. The highest BCUT2D eigenvalue weighted by atomic mass is 32.2. The molecule has 16 heteroatoms. The Morgan fingerprint density at radius 3 is 2.31 bits per heavy atom. The fraction of sp³-hybridized carbons (Fsp3) is 0.724. The number of hydrogen-bond donors (Lipinski definition) is 1. The molecule has 2 unspecified atom stereocenters. The number of hydrogen-bond acceptors (Lipinski definition) is 13. The van der Waals surface area contributed by atoms with E-state index in [0.717, 1.165) is 0 Å². The Bertz CT molecular complexity index is 1280. The minimum atomic E-state index is -0.957. The number of esters is 2. The first-order valence-corrected chi connectivity index (χ1v) is 15.6. The van der Waals surface area contributed by atoms with Gasteiger partial charge in [-0.15, -0.1) is 11.8 Å². The summed E-state index contributed by atoms with van der Waals surface area (Å²) in [4.78, 5) is 80.8. The summed E-state index contributed by atoms with van der Waals surface area (Å²) in [6.07, 6.45) is -3.78. The second-order valence-corrected chi connectivity index (χ2v) is 14.2. The van der Waals surface area contributed by atoms with E-state index in [1.807, 2.05) is 6.92 Å². The Morgan fingerprint density at radius 2 is 1.76 bits per heavy atom. The number of carbonyl (C=O) groups excluding carboxylic acids is 6. The standard InChI is InChI=1S/C29H41N3O12S/c1-13-20-19(14(2)33)24(35)32(20)21(25(36)41-12-42-26(37)29(4,5)6)22(13)45-16-9-17(23(34)30(7)8)31(10-16)27(38)40-11-18-15(3)43-28(39)44-18/h13-20,33H,9-12H2,1-8H3/t13-,14-,15?,16+,17+,18?,19-,20-/m1/s1. The van der Waals surface area contributed by atoms with E-state index in [2.05, 4.69) is 0 Å². The maximum atomic E-state index is 13.4. The minimum absolute atomic E-state index is 0.0141. The smallest absolute Gasteiger partial charge is 0.445 e. The number of likely N-dealkylation sites (tertiary alicyclic amines) is 1. The average molecular weight is 656 g/mol. The quantitative estimate of drug-likeness (QED) is 0.164. The van der Waals surface area contributed by atoms with Gasteiger partial charge >= 0.3 is 24.2 Å². The zero-order valence-corrected chi connectivity index (χ0v) is 27.5. The minimum Gasteiger partial charge on any atom is -0.445 e. The SMILES string of the molecule is CC1OC(=O)OC1COC(=O)N1C[C@@H](SC2=C(C(=O)OCOC(=O)C(C)(C)C)N3C(=O)[C@H]([C@@H](C)O)[C@H]3[C@H]2C)C[C@H]1C(=O)N(C)C. The number of fused-ring (bicyclic) bond motifs is 1. The highest BCUT2D eigenvalue weighted by Crippen LogP contribution is 2.52. The highest BCUT2D eigenvalue weighted by molar-refractivity contribution is 8.03. The molecule has 0 aromatic heterocycles. The lowest BCUT2D eigenvalue weighted by atomic mass is 9.79. The van der Waals surface area contributed by atoms with Gasteiger partial charge in [-0.1, -0.05) is 6.92 Å². The van der Waals surface area contributed by atoms with Gasteiger partial charge in [-0.25, -0.2) is 14.4 Å². The van der Waals surface area contributed by atoms with Gasteiger partial charge in [0.25, 0.3) is 0 Å². The van der Waals surface area contributed by atoms with Crippen LogP contribution in [0.2, 0.25) is 0 Å². The molecule has 3 saturated heterocycles. The first-order chi connectivity index (χ1) is 20.9. The zero-order chi connectivity index (χ0) is 33.5. The molecule has 4 aliphatic heterocycles. The van der Waals surface area contributed by atoms with E-state index in [-0.39, 0.29) is 37.1 Å². The number of aliphatic hydroxyl groups is 1. The number of amides is 3. The number of β-lactam (4-membered cyclic amide) rings is 1. The van der Waals surface area contributed by atoms with Crippen molar-refractivity contribution < 1.29 is 57.6 Å². The highest BCUT2D eigenvalue weighted by Gasteiger charge is 2.60. The maximum absolute atomic E-state index is 13.4. The van der Waals surface area contributed by atoms with Crippen molar-refractivity contribution in [2.45, 2.75) is 83.6 Å². The van der Waals surface area contributed by atoms with Crippen LogP contribution in [-0.2, 0) is 42.9 Å². The number of nitrogens with zero attached hydrogens (tertiary/aromatic N) is 3. The third kappa shape index (κ3) is 6.86. The predicted molar refractivity (Wildman–Crippen MR) is 156 cm³/mol. The topological polar surface area (TPSA) is 179 Å². The lowest BCUT2D eigenvalue weighted by molar-refractivity contribution is -0.175. The second-order valence-electron chi connectivity index (χ2n) is 12.9. The lowest BCUT2D eigenvalue weighted by Gasteiger charge is -2.46. The summed E-state index contributed by atoms with van der Waals surface area (Å²) in [6, 6.07) is -1.38. The van der Waals surface area contributed by atoms with Gasteiger partial charge in [0, 0.05) is 36.7 Å². The van der Waals surface area contributed by atoms with Crippen molar-refractivity contribution in [3.8, 4) is 0 Å². The molecule has 0 aromatic rings. The lowest BCUT2D eigenvalue weighted by Crippen LogP contribution is -2.63. The summed E-state index contributed by atoms with van der Waals surface area (Å²) in [5, 5.41) is 9.91. The molecule has 0 aliphatic carbocycles. The van der Waals surface area contributed by atoms with Gasteiger partial charge in [-0.2, -0.15) is 0 Å². The second kappa shape index (κ2) is 13.1. The molecule has 4 rings (SSSR count). The molecule has 250 valence electrons. The molecule has 45 heavy (non-hydrogen) atoms. The van der Waals surface area contributed by atoms with Crippen molar-refractivity contribution in [3.63, 3.8) is 0 Å². The van der Waals surface area contributed by atoms with Crippen LogP contribution in [0.1, 0.15) is 48.0 Å². The van der Waals surface area contributed by atoms with Gasteiger partial charge in [0.1, 0.15) is 24.4 Å². The molecule has 3 fully saturated rings. The molecule has 0 bridgehead atoms. The van der Waals surface area contributed by atoms with Crippen molar-refractivity contribution in [3.05, 3.63) is 10.6 Å². The van der Waals surface area contributed by atoms with Crippen molar-refractivity contribution in [2.75, 3.05) is 34.0 Å². The van der Waals surface area contributed by atoms with E-state index in [9.17, 15) is 33.9 Å². The number of ether oxygens (including phenoxy) is 5. The normalized spacial score (nSPS) is 29.8. The van der Waals surface area contributed by atoms with E-state index in [4.69, 9.17) is 23.7 Å². The van der Waals surface area contributed by atoms with Crippen molar-refractivity contribution in [1.82, 2.24) is 14.7 Å². The van der Waals surface area contributed by atoms with Crippen LogP contribution in [0.3, 0.4) is 0 Å². The van der Waals surface area contributed by atoms with Gasteiger partial charge in [0.2, 0.25) is 18.6 Å². The molecule has 8 atom stereocenters. The number of carbonyl (C=O) groups is 6. The van der Waals surface area contributed by atoms with Crippen LogP contribution in [0.15, 0.2) is 10.6 Å². The van der Waals surface area contributed by atoms with E-state index >= 15 is 0 Å². The molecular formula is C29H41N3O12S. The fourth-order valence-corrected chi connectivity index (χ4v) is 7.29. The predicted octanol–water partition coefficient (Wildman–Crippen LogP) is 1.47. The Morgan fingerprint density at radius 1 is 1.09 bits per heavy atom. The number of likely N-dealkylation sites (N-methyl/N-ethyl adjacent to an activating group) is 1. The van der Waals surface area contributed by atoms with Crippen molar-refractivity contribution in [1.29, 1.82) is 0 Å². The van der Waals surface area contributed by atoms with E-state index in [1.165, 1.54) is 33.4 Å². The van der Waals surface area contributed by atoms with Crippen LogP contribution < -0.4 is 0 Å².